The number of hydrogen-bond acceptors (Lipinski definition) is 3. The summed E-state index contributed by atoms with van der Waals surface area (Å²) in [7, 11) is 0. The van der Waals surface area contributed by atoms with Gasteiger partial charge in [0.05, 0.1) is 29.5 Å². The second-order valence-corrected chi connectivity index (χ2v) is 10.2. The summed E-state index contributed by atoms with van der Waals surface area (Å²) in [6, 6.07) is 27.7. The maximum atomic E-state index is 14.2. The third-order valence-corrected chi connectivity index (χ3v) is 7.44. The summed E-state index contributed by atoms with van der Waals surface area (Å²) in [5, 5.41) is 6.28. The van der Waals surface area contributed by atoms with E-state index in [2.05, 4.69) is 40.9 Å². The molecule has 0 amide bonds. The van der Waals surface area contributed by atoms with E-state index in [0.717, 1.165) is 44.4 Å². The predicted molar refractivity (Wildman–Crippen MR) is 163 cm³/mol. The van der Waals surface area contributed by atoms with Crippen molar-refractivity contribution in [3.05, 3.63) is 138 Å². The van der Waals surface area contributed by atoms with Crippen LogP contribution in [0.2, 0.25) is 0 Å². The highest BCUT2D eigenvalue weighted by Gasteiger charge is 2.16. The number of ether oxygens (including phenoxy) is 1. The molecule has 0 bridgehead atoms. The fraction of sp³-hybridized carbons (Fsp3) is 0.0571. The minimum atomic E-state index is -0.300. The third kappa shape index (κ3) is 4.36. The van der Waals surface area contributed by atoms with Crippen LogP contribution in [0.25, 0.3) is 49.3 Å². The summed E-state index contributed by atoms with van der Waals surface area (Å²) < 4.78 is 24.3. The summed E-state index contributed by atoms with van der Waals surface area (Å²) in [4.78, 5) is 8.22. The quantitative estimate of drug-likeness (QED) is 0.201. The van der Waals surface area contributed by atoms with Crippen molar-refractivity contribution in [2.45, 2.75) is 13.8 Å². The Balaban J connectivity index is 1.30. The Morgan fingerprint density at radius 1 is 0.810 bits per heavy atom. The smallest absolute Gasteiger partial charge is 0.193 e. The highest BCUT2D eigenvalue weighted by Crippen LogP contribution is 2.36. The van der Waals surface area contributed by atoms with E-state index < -0.39 is 0 Å². The zero-order valence-electron chi connectivity index (χ0n) is 22.9. The summed E-state index contributed by atoms with van der Waals surface area (Å²) >= 11 is 0. The maximum absolute atomic E-state index is 14.2. The van der Waals surface area contributed by atoms with Gasteiger partial charge in [-0.15, -0.1) is 0 Å². The zero-order valence-corrected chi connectivity index (χ0v) is 22.9. The van der Waals surface area contributed by atoms with Gasteiger partial charge in [0.1, 0.15) is 23.1 Å². The number of pyridine rings is 1. The van der Waals surface area contributed by atoms with Gasteiger partial charge in [-0.25, -0.2) is 18.9 Å². The van der Waals surface area contributed by atoms with Crippen molar-refractivity contribution >= 4 is 27.5 Å². The van der Waals surface area contributed by atoms with Gasteiger partial charge in [-0.1, -0.05) is 24.3 Å². The van der Waals surface area contributed by atoms with Gasteiger partial charge >= 0.3 is 0 Å². The first kappa shape index (κ1) is 25.2. The van der Waals surface area contributed by atoms with E-state index in [-0.39, 0.29) is 5.82 Å². The predicted octanol–water partition coefficient (Wildman–Crippen LogP) is 9.13. The lowest BCUT2D eigenvalue weighted by Gasteiger charge is -2.11. The number of aryl methyl sites for hydroxylation is 2. The van der Waals surface area contributed by atoms with E-state index in [1.807, 2.05) is 65.5 Å². The van der Waals surface area contributed by atoms with Crippen LogP contribution in [0.3, 0.4) is 0 Å². The first-order valence-corrected chi connectivity index (χ1v) is 13.5. The van der Waals surface area contributed by atoms with Crippen LogP contribution < -0.4 is 4.74 Å². The van der Waals surface area contributed by atoms with Gasteiger partial charge in [0, 0.05) is 40.9 Å². The lowest BCUT2D eigenvalue weighted by molar-refractivity contribution is 0.483. The fourth-order valence-electron chi connectivity index (χ4n) is 5.59. The molecule has 0 aliphatic carbocycles. The minimum Gasteiger partial charge on any atom is -0.459 e. The summed E-state index contributed by atoms with van der Waals surface area (Å²) in [6.07, 6.45) is 5.54. The standard InChI is InChI=1S/C35H24FN5O/c1-22-7-6-8-23(2)35(22)24-20-39-40(21-24)27-16-26(37-3)17-29(18-27)42-28-11-12-30-31-15-25(36)10-13-32(31)41(33(30)19-28)34-9-4-5-14-38-34/h4-21H,1-2H3. The molecule has 0 aliphatic rings. The zero-order chi connectivity index (χ0) is 28.8. The molecular formula is C35H24FN5O. The van der Waals surface area contributed by atoms with Crippen molar-refractivity contribution < 1.29 is 9.13 Å². The molecule has 7 rings (SSSR count). The Bertz CT molecular complexity index is 2150. The molecule has 3 aromatic heterocycles. The Labute approximate surface area is 241 Å². The van der Waals surface area contributed by atoms with Crippen LogP contribution in [0.4, 0.5) is 10.1 Å². The first-order valence-electron chi connectivity index (χ1n) is 13.5. The molecular weight excluding hydrogens is 525 g/mol. The van der Waals surface area contributed by atoms with Crippen molar-refractivity contribution in [1.82, 2.24) is 19.3 Å². The highest BCUT2D eigenvalue weighted by molar-refractivity contribution is 6.09. The number of benzene rings is 4. The average Bonchev–Trinajstić information content (AvgIpc) is 3.60. The number of aromatic nitrogens is 4. The lowest BCUT2D eigenvalue weighted by Crippen LogP contribution is -1.97. The monoisotopic (exact) mass is 549 g/mol. The molecule has 0 saturated heterocycles. The molecule has 7 aromatic rings. The Morgan fingerprint density at radius 3 is 2.45 bits per heavy atom. The molecule has 0 saturated carbocycles. The minimum absolute atomic E-state index is 0.300. The molecule has 202 valence electrons. The van der Waals surface area contributed by atoms with Gasteiger partial charge in [-0.2, -0.15) is 5.10 Å². The molecule has 4 aromatic carbocycles. The molecule has 3 heterocycles. The molecule has 0 aliphatic heterocycles. The van der Waals surface area contributed by atoms with Crippen LogP contribution in [-0.4, -0.2) is 19.3 Å². The van der Waals surface area contributed by atoms with Gasteiger partial charge < -0.3 is 4.74 Å². The van der Waals surface area contributed by atoms with Crippen LogP contribution in [0, 0.1) is 26.2 Å². The fourth-order valence-corrected chi connectivity index (χ4v) is 5.59. The van der Waals surface area contributed by atoms with Gasteiger partial charge in [0.15, 0.2) is 5.69 Å². The van der Waals surface area contributed by atoms with Crippen molar-refractivity contribution in [2.24, 2.45) is 0 Å². The Hall–Kier alpha value is -5.74. The van der Waals surface area contributed by atoms with Crippen molar-refractivity contribution in [1.29, 1.82) is 0 Å². The number of nitrogens with zero attached hydrogens (tertiary/aromatic N) is 5. The molecule has 0 N–H and O–H groups in total. The van der Waals surface area contributed by atoms with E-state index in [4.69, 9.17) is 11.3 Å². The third-order valence-electron chi connectivity index (χ3n) is 7.44. The maximum Gasteiger partial charge on any atom is 0.193 e. The molecule has 0 atom stereocenters. The van der Waals surface area contributed by atoms with Crippen LogP contribution in [-0.2, 0) is 0 Å². The summed E-state index contributed by atoms with van der Waals surface area (Å²) in [5.74, 6) is 1.50. The van der Waals surface area contributed by atoms with E-state index in [1.54, 1.807) is 35.1 Å². The Kier molecular flexibility index (Phi) is 6.02. The van der Waals surface area contributed by atoms with Gasteiger partial charge in [-0.3, -0.25) is 4.57 Å². The molecule has 0 fully saturated rings. The molecule has 0 unspecified atom stereocenters. The topological polar surface area (TPSA) is 49.2 Å². The van der Waals surface area contributed by atoms with Crippen LogP contribution >= 0.6 is 0 Å². The second-order valence-electron chi connectivity index (χ2n) is 10.2. The number of hydrogen-bond donors (Lipinski definition) is 0. The number of fused-ring (bicyclic) bond motifs is 3. The van der Waals surface area contributed by atoms with E-state index in [1.165, 1.54) is 17.2 Å². The van der Waals surface area contributed by atoms with Gasteiger partial charge in [-0.05, 0) is 85.1 Å². The molecule has 0 spiro atoms. The lowest BCUT2D eigenvalue weighted by atomic mass is 9.98. The number of halogens is 1. The Morgan fingerprint density at radius 2 is 1.67 bits per heavy atom. The van der Waals surface area contributed by atoms with Crippen LogP contribution in [0.1, 0.15) is 11.1 Å². The second kappa shape index (κ2) is 10.0. The van der Waals surface area contributed by atoms with E-state index >= 15 is 0 Å². The van der Waals surface area contributed by atoms with Gasteiger partial charge in [0.2, 0.25) is 0 Å². The molecule has 6 nitrogen and oxygen atoms in total. The highest BCUT2D eigenvalue weighted by atomic mass is 19.1. The summed E-state index contributed by atoms with van der Waals surface area (Å²) in [6.45, 7) is 11.9. The van der Waals surface area contributed by atoms with E-state index in [9.17, 15) is 4.39 Å². The van der Waals surface area contributed by atoms with Crippen molar-refractivity contribution in [2.75, 3.05) is 0 Å². The van der Waals surface area contributed by atoms with E-state index in [0.29, 0.717) is 17.2 Å². The molecule has 42 heavy (non-hydrogen) atoms. The van der Waals surface area contributed by atoms with Crippen LogP contribution in [0.15, 0.2) is 110 Å². The van der Waals surface area contributed by atoms with Gasteiger partial charge in [0.25, 0.3) is 0 Å². The largest absolute Gasteiger partial charge is 0.459 e. The number of rotatable bonds is 5. The van der Waals surface area contributed by atoms with Crippen LogP contribution in [0.5, 0.6) is 11.5 Å². The first-order chi connectivity index (χ1) is 20.5. The SMILES string of the molecule is [C-]#[N+]c1cc(Oc2ccc3c4cc(F)ccc4n(-c4ccccn4)c3c2)cc(-n2cc(-c3c(C)cccc3C)cn2)c1. The average molecular weight is 550 g/mol. The normalized spacial score (nSPS) is 11.2. The van der Waals surface area contributed by atoms with Crippen molar-refractivity contribution in [3.8, 4) is 34.1 Å². The molecule has 7 heteroatoms. The van der Waals surface area contributed by atoms with Crippen molar-refractivity contribution in [3.63, 3.8) is 0 Å². The molecule has 0 radical (unpaired) electrons. The summed E-state index contributed by atoms with van der Waals surface area (Å²) in [5.41, 5.74) is 7.34.